The second-order valence-corrected chi connectivity index (χ2v) is 6.90. The second-order valence-electron chi connectivity index (χ2n) is 6.90. The number of ether oxygens (including phenoxy) is 2. The number of nitrogens with zero attached hydrogens (tertiary/aromatic N) is 4. The Labute approximate surface area is 148 Å². The Kier molecular flexibility index (Phi) is 4.90. The highest BCUT2D eigenvalue weighted by Gasteiger charge is 2.46. The van der Waals surface area contributed by atoms with Crippen molar-refractivity contribution in [1.29, 1.82) is 0 Å². The molecule has 0 N–H and O–H groups in total. The second kappa shape index (κ2) is 7.45. The number of anilines is 1. The molecule has 25 heavy (non-hydrogen) atoms. The third kappa shape index (κ3) is 3.65. The van der Waals surface area contributed by atoms with Gasteiger partial charge in [-0.15, -0.1) is 0 Å². The van der Waals surface area contributed by atoms with E-state index >= 15 is 0 Å². The van der Waals surface area contributed by atoms with Crippen LogP contribution < -0.4 is 4.90 Å². The topological polar surface area (TPSA) is 60.4 Å². The summed E-state index contributed by atoms with van der Waals surface area (Å²) in [5.41, 5.74) is 0.969. The molecule has 2 saturated heterocycles. The summed E-state index contributed by atoms with van der Waals surface area (Å²) in [7, 11) is 0. The van der Waals surface area contributed by atoms with E-state index in [9.17, 15) is 0 Å². The standard InChI is InChI=1S/C19H24N4O2/c1-2-8-20-16(5-1)13-24-15-19-7-3-12-25-17(19)6-11-23(14-19)18-21-9-4-10-22-18/h1-2,4-5,8-10,17H,3,6-7,11-15H2/t17-,19+/m1/s1. The Balaban J connectivity index is 1.46. The van der Waals surface area contributed by atoms with Gasteiger partial charge in [-0.25, -0.2) is 9.97 Å². The van der Waals surface area contributed by atoms with Crippen LogP contribution in [0, 0.1) is 5.41 Å². The van der Waals surface area contributed by atoms with Crippen LogP contribution in [-0.4, -0.2) is 47.4 Å². The van der Waals surface area contributed by atoms with Gasteiger partial charge >= 0.3 is 0 Å². The quantitative estimate of drug-likeness (QED) is 0.833. The van der Waals surface area contributed by atoms with E-state index in [0.717, 1.165) is 50.6 Å². The van der Waals surface area contributed by atoms with Gasteiger partial charge in [0.2, 0.25) is 5.95 Å². The van der Waals surface area contributed by atoms with Crippen LogP contribution in [0.4, 0.5) is 5.95 Å². The maximum Gasteiger partial charge on any atom is 0.225 e. The Morgan fingerprint density at radius 1 is 1.16 bits per heavy atom. The molecule has 2 atom stereocenters. The van der Waals surface area contributed by atoms with E-state index in [0.29, 0.717) is 13.2 Å². The fourth-order valence-electron chi connectivity index (χ4n) is 3.97. The molecule has 4 heterocycles. The van der Waals surface area contributed by atoms with Gasteiger partial charge in [0.05, 0.1) is 25.0 Å². The predicted molar refractivity (Wildman–Crippen MR) is 94.2 cm³/mol. The van der Waals surface area contributed by atoms with Gasteiger partial charge in [0.15, 0.2) is 0 Å². The number of rotatable bonds is 5. The van der Waals surface area contributed by atoms with Gasteiger partial charge in [0, 0.05) is 43.7 Å². The lowest BCUT2D eigenvalue weighted by Gasteiger charge is -2.50. The Morgan fingerprint density at radius 2 is 2.04 bits per heavy atom. The Hall–Kier alpha value is -2.05. The van der Waals surface area contributed by atoms with E-state index in [2.05, 4.69) is 19.9 Å². The number of pyridine rings is 1. The molecule has 2 fully saturated rings. The summed E-state index contributed by atoms with van der Waals surface area (Å²) in [4.78, 5) is 15.5. The van der Waals surface area contributed by atoms with Crippen molar-refractivity contribution in [2.45, 2.75) is 32.0 Å². The fourth-order valence-corrected chi connectivity index (χ4v) is 3.97. The van der Waals surface area contributed by atoms with Crippen molar-refractivity contribution in [2.24, 2.45) is 5.41 Å². The molecule has 2 aromatic heterocycles. The van der Waals surface area contributed by atoms with Crippen molar-refractivity contribution in [2.75, 3.05) is 31.2 Å². The highest BCUT2D eigenvalue weighted by molar-refractivity contribution is 5.31. The summed E-state index contributed by atoms with van der Waals surface area (Å²) in [6.45, 7) is 3.88. The number of fused-ring (bicyclic) bond motifs is 1. The van der Waals surface area contributed by atoms with Gasteiger partial charge in [-0.2, -0.15) is 0 Å². The molecule has 6 heteroatoms. The minimum Gasteiger partial charge on any atom is -0.377 e. The Bertz CT molecular complexity index is 670. The van der Waals surface area contributed by atoms with Crippen molar-refractivity contribution >= 4 is 5.95 Å². The molecule has 0 aromatic carbocycles. The molecule has 0 aliphatic carbocycles. The monoisotopic (exact) mass is 340 g/mol. The number of piperidine rings is 1. The lowest BCUT2D eigenvalue weighted by atomic mass is 9.73. The zero-order valence-corrected chi connectivity index (χ0v) is 14.4. The average Bonchev–Trinajstić information content (AvgIpc) is 2.69. The van der Waals surface area contributed by atoms with Crippen molar-refractivity contribution < 1.29 is 9.47 Å². The molecule has 0 spiro atoms. The molecule has 2 aliphatic heterocycles. The van der Waals surface area contributed by atoms with Gasteiger partial charge in [-0.05, 0) is 37.5 Å². The van der Waals surface area contributed by atoms with Crippen LogP contribution in [0.15, 0.2) is 42.9 Å². The first-order chi connectivity index (χ1) is 12.4. The van der Waals surface area contributed by atoms with Crippen LogP contribution in [0.25, 0.3) is 0 Å². The van der Waals surface area contributed by atoms with Gasteiger partial charge in [-0.3, -0.25) is 4.98 Å². The molecule has 2 aromatic rings. The lowest BCUT2D eigenvalue weighted by Crippen LogP contribution is -2.57. The van der Waals surface area contributed by atoms with Crippen LogP contribution in [0.5, 0.6) is 0 Å². The van der Waals surface area contributed by atoms with Crippen molar-refractivity contribution in [3.05, 3.63) is 48.5 Å². The van der Waals surface area contributed by atoms with Gasteiger partial charge < -0.3 is 14.4 Å². The van der Waals surface area contributed by atoms with Crippen LogP contribution in [-0.2, 0) is 16.1 Å². The lowest BCUT2D eigenvalue weighted by molar-refractivity contribution is -0.128. The van der Waals surface area contributed by atoms with Crippen molar-refractivity contribution in [3.8, 4) is 0 Å². The van der Waals surface area contributed by atoms with Crippen LogP contribution >= 0.6 is 0 Å². The molecule has 0 amide bonds. The minimum atomic E-state index is 0.00445. The van der Waals surface area contributed by atoms with Crippen molar-refractivity contribution in [1.82, 2.24) is 15.0 Å². The number of hydrogen-bond donors (Lipinski definition) is 0. The third-order valence-electron chi connectivity index (χ3n) is 5.19. The summed E-state index contributed by atoms with van der Waals surface area (Å²) < 4.78 is 12.2. The average molecular weight is 340 g/mol. The third-order valence-corrected chi connectivity index (χ3v) is 5.19. The summed E-state index contributed by atoms with van der Waals surface area (Å²) in [5.74, 6) is 0.802. The van der Waals surface area contributed by atoms with E-state index in [1.807, 2.05) is 24.3 Å². The Morgan fingerprint density at radius 3 is 2.88 bits per heavy atom. The largest absolute Gasteiger partial charge is 0.377 e. The molecular weight excluding hydrogens is 316 g/mol. The molecule has 0 unspecified atom stereocenters. The molecule has 132 valence electrons. The van der Waals surface area contributed by atoms with Crippen LogP contribution in [0.1, 0.15) is 25.0 Å². The van der Waals surface area contributed by atoms with E-state index in [1.54, 1.807) is 18.6 Å². The minimum absolute atomic E-state index is 0.00445. The molecule has 6 nitrogen and oxygen atoms in total. The predicted octanol–water partition coefficient (Wildman–Crippen LogP) is 2.46. The van der Waals surface area contributed by atoms with Crippen molar-refractivity contribution in [3.63, 3.8) is 0 Å². The van der Waals surface area contributed by atoms with E-state index in [4.69, 9.17) is 9.47 Å². The number of aromatic nitrogens is 3. The molecular formula is C19H24N4O2. The smallest absolute Gasteiger partial charge is 0.225 e. The SMILES string of the molecule is c1ccc(COC[C@@]23CCCO[C@@H]2CCN(c2ncccn2)C3)nc1. The van der Waals surface area contributed by atoms with Crippen LogP contribution in [0.2, 0.25) is 0 Å². The summed E-state index contributed by atoms with van der Waals surface area (Å²) in [5, 5.41) is 0. The summed E-state index contributed by atoms with van der Waals surface area (Å²) >= 11 is 0. The zero-order chi connectivity index (χ0) is 17.0. The highest BCUT2D eigenvalue weighted by Crippen LogP contribution is 2.41. The van der Waals surface area contributed by atoms with E-state index < -0.39 is 0 Å². The van der Waals surface area contributed by atoms with Gasteiger partial charge in [0.25, 0.3) is 0 Å². The molecule has 4 rings (SSSR count). The maximum atomic E-state index is 6.11. The maximum absolute atomic E-state index is 6.11. The first kappa shape index (κ1) is 16.4. The normalized spacial score (nSPS) is 26.2. The van der Waals surface area contributed by atoms with Crippen LogP contribution in [0.3, 0.4) is 0 Å². The zero-order valence-electron chi connectivity index (χ0n) is 14.4. The van der Waals surface area contributed by atoms with E-state index in [1.165, 1.54) is 0 Å². The highest BCUT2D eigenvalue weighted by atomic mass is 16.5. The summed E-state index contributed by atoms with van der Waals surface area (Å²) in [6, 6.07) is 7.76. The van der Waals surface area contributed by atoms with Gasteiger partial charge in [0.1, 0.15) is 0 Å². The number of hydrogen-bond acceptors (Lipinski definition) is 6. The van der Waals surface area contributed by atoms with Gasteiger partial charge in [-0.1, -0.05) is 6.07 Å². The molecule has 2 aliphatic rings. The fraction of sp³-hybridized carbons (Fsp3) is 0.526. The van der Waals surface area contributed by atoms with E-state index in [-0.39, 0.29) is 11.5 Å². The molecule has 0 radical (unpaired) electrons. The molecule has 0 bridgehead atoms. The summed E-state index contributed by atoms with van der Waals surface area (Å²) in [6.07, 6.45) is 8.84. The first-order valence-electron chi connectivity index (χ1n) is 8.97. The first-order valence-corrected chi connectivity index (χ1v) is 8.97. The molecule has 0 saturated carbocycles.